The predicted molar refractivity (Wildman–Crippen MR) is 91.3 cm³/mol. The van der Waals surface area contributed by atoms with Crippen molar-refractivity contribution >= 4 is 54.5 Å². The number of hydrogen-bond acceptors (Lipinski definition) is 4. The fourth-order valence-electron chi connectivity index (χ4n) is 3.66. The molecule has 7 heteroatoms. The third-order valence-corrected chi connectivity index (χ3v) is 6.05. The number of carbonyl (C=O) groups is 2. The number of rotatable bonds is 3. The molecule has 5 nitrogen and oxygen atoms in total. The molecule has 118 valence electrons. The molecule has 0 radical (unpaired) electrons. The number of anilines is 1. The molecule has 2 N–H and O–H groups in total. The van der Waals surface area contributed by atoms with Crippen molar-refractivity contribution < 1.29 is 14.7 Å². The topological polar surface area (TPSA) is 79.3 Å². The summed E-state index contributed by atoms with van der Waals surface area (Å²) in [7, 11) is 0. The van der Waals surface area contributed by atoms with E-state index in [1.165, 1.54) is 11.3 Å². The largest absolute Gasteiger partial charge is 0.481 e. The molecule has 2 aliphatic carbocycles. The van der Waals surface area contributed by atoms with Crippen LogP contribution in [0.2, 0.25) is 0 Å². The molecule has 2 aromatic rings. The van der Waals surface area contributed by atoms with Crippen molar-refractivity contribution in [3.63, 3.8) is 0 Å². The monoisotopic (exact) mass is 392 g/mol. The number of carbonyl (C=O) groups excluding carboxylic acids is 1. The minimum atomic E-state index is -0.893. The first-order chi connectivity index (χ1) is 11.0. The van der Waals surface area contributed by atoms with Gasteiger partial charge in [-0.15, -0.1) is 0 Å². The van der Waals surface area contributed by atoms with E-state index in [9.17, 15) is 14.7 Å². The van der Waals surface area contributed by atoms with E-state index in [0.717, 1.165) is 21.1 Å². The molecule has 1 aromatic heterocycles. The van der Waals surface area contributed by atoms with E-state index in [-0.39, 0.29) is 17.7 Å². The van der Waals surface area contributed by atoms with Crippen LogP contribution in [-0.4, -0.2) is 22.0 Å². The average molecular weight is 393 g/mol. The highest BCUT2D eigenvalue weighted by molar-refractivity contribution is 9.10. The first-order valence-corrected chi connectivity index (χ1v) is 8.92. The number of nitrogens with one attached hydrogen (secondary N) is 1. The second kappa shape index (κ2) is 5.42. The van der Waals surface area contributed by atoms with E-state index in [1.54, 1.807) is 0 Å². The number of thiazole rings is 1. The van der Waals surface area contributed by atoms with Gasteiger partial charge < -0.3 is 10.4 Å². The van der Waals surface area contributed by atoms with Gasteiger partial charge in [0, 0.05) is 4.47 Å². The van der Waals surface area contributed by atoms with Gasteiger partial charge in [0.25, 0.3) is 0 Å². The minimum Gasteiger partial charge on any atom is -0.481 e. The lowest BCUT2D eigenvalue weighted by molar-refractivity contribution is -0.146. The summed E-state index contributed by atoms with van der Waals surface area (Å²) in [5, 5.41) is 12.8. The molecule has 2 bridgehead atoms. The molecule has 2 aliphatic rings. The highest BCUT2D eigenvalue weighted by Crippen LogP contribution is 2.48. The normalized spacial score (nSPS) is 28.4. The molecular weight excluding hydrogens is 380 g/mol. The second-order valence-electron chi connectivity index (χ2n) is 5.96. The van der Waals surface area contributed by atoms with Crippen LogP contribution in [0.3, 0.4) is 0 Å². The van der Waals surface area contributed by atoms with Crippen LogP contribution in [0.25, 0.3) is 10.2 Å². The summed E-state index contributed by atoms with van der Waals surface area (Å²) >= 11 is 4.80. The maximum atomic E-state index is 12.6. The molecule has 4 rings (SSSR count). The van der Waals surface area contributed by atoms with Gasteiger partial charge in [-0.25, -0.2) is 4.98 Å². The van der Waals surface area contributed by atoms with Crippen LogP contribution < -0.4 is 5.32 Å². The second-order valence-corrected chi connectivity index (χ2v) is 7.90. The van der Waals surface area contributed by atoms with Gasteiger partial charge in [0.1, 0.15) is 0 Å². The average Bonchev–Trinajstić information content (AvgIpc) is 3.18. The molecule has 0 spiro atoms. The molecule has 0 unspecified atom stereocenters. The first-order valence-electron chi connectivity index (χ1n) is 7.31. The van der Waals surface area contributed by atoms with Gasteiger partial charge in [0.15, 0.2) is 5.13 Å². The van der Waals surface area contributed by atoms with Gasteiger partial charge in [-0.2, -0.15) is 0 Å². The summed E-state index contributed by atoms with van der Waals surface area (Å²) in [6.45, 7) is 0. The summed E-state index contributed by atoms with van der Waals surface area (Å²) in [6, 6.07) is 5.73. The first kappa shape index (κ1) is 14.8. The smallest absolute Gasteiger partial charge is 0.307 e. The highest BCUT2D eigenvalue weighted by atomic mass is 79.9. The molecule has 1 amide bonds. The highest BCUT2D eigenvalue weighted by Gasteiger charge is 2.51. The third kappa shape index (κ3) is 2.48. The van der Waals surface area contributed by atoms with E-state index in [2.05, 4.69) is 26.2 Å². The summed E-state index contributed by atoms with van der Waals surface area (Å²) in [4.78, 5) is 28.5. The Morgan fingerprint density at radius 2 is 2.00 bits per heavy atom. The lowest BCUT2D eigenvalue weighted by Gasteiger charge is -2.23. The lowest BCUT2D eigenvalue weighted by atomic mass is 9.82. The van der Waals surface area contributed by atoms with Crippen molar-refractivity contribution in [2.45, 2.75) is 6.42 Å². The van der Waals surface area contributed by atoms with Gasteiger partial charge in [-0.3, -0.25) is 9.59 Å². The van der Waals surface area contributed by atoms with Crippen molar-refractivity contribution in [2.75, 3.05) is 5.32 Å². The van der Waals surface area contributed by atoms with E-state index in [0.29, 0.717) is 5.13 Å². The number of halogens is 1. The van der Waals surface area contributed by atoms with Crippen molar-refractivity contribution in [1.82, 2.24) is 4.98 Å². The number of benzene rings is 1. The van der Waals surface area contributed by atoms with Crippen LogP contribution in [0.4, 0.5) is 5.13 Å². The van der Waals surface area contributed by atoms with Gasteiger partial charge in [0.2, 0.25) is 5.91 Å². The summed E-state index contributed by atoms with van der Waals surface area (Å²) < 4.78 is 1.92. The minimum absolute atomic E-state index is 0.0182. The molecule has 0 aliphatic heterocycles. The molecule has 4 atom stereocenters. The van der Waals surface area contributed by atoms with Crippen LogP contribution in [0.1, 0.15) is 6.42 Å². The Morgan fingerprint density at radius 3 is 2.74 bits per heavy atom. The van der Waals surface area contributed by atoms with Gasteiger partial charge >= 0.3 is 5.97 Å². The predicted octanol–water partition coefficient (Wildman–Crippen LogP) is 3.52. The zero-order chi connectivity index (χ0) is 16.1. The number of carboxylic acids is 1. The van der Waals surface area contributed by atoms with Crippen LogP contribution in [0.15, 0.2) is 34.8 Å². The quantitative estimate of drug-likeness (QED) is 0.783. The summed E-state index contributed by atoms with van der Waals surface area (Å²) in [5.41, 5.74) is 0.816. The van der Waals surface area contributed by atoms with E-state index >= 15 is 0 Å². The Hall–Kier alpha value is -1.73. The lowest BCUT2D eigenvalue weighted by Crippen LogP contribution is -2.36. The van der Waals surface area contributed by atoms with Crippen LogP contribution >= 0.6 is 27.3 Å². The number of aliphatic carboxylic acids is 1. The Bertz CT molecular complexity index is 847. The van der Waals surface area contributed by atoms with Gasteiger partial charge in [-0.1, -0.05) is 39.4 Å². The van der Waals surface area contributed by atoms with E-state index in [4.69, 9.17) is 0 Å². The molecule has 0 saturated heterocycles. The van der Waals surface area contributed by atoms with E-state index in [1.807, 2.05) is 30.4 Å². The number of amides is 1. The summed E-state index contributed by atoms with van der Waals surface area (Å²) in [5.74, 6) is -2.29. The van der Waals surface area contributed by atoms with Crippen LogP contribution in [-0.2, 0) is 9.59 Å². The molecule has 1 heterocycles. The fraction of sp³-hybridized carbons (Fsp3) is 0.312. The van der Waals surface area contributed by atoms with Gasteiger partial charge in [0.05, 0.1) is 22.1 Å². The SMILES string of the molecule is O=C(O)[C@H]1[C@H](C(=O)Nc2nc3ccc(Br)cc3s2)[C@H]2C=C[C@H]1C2. The molecular formula is C16H13BrN2O3S. The Morgan fingerprint density at radius 1 is 1.26 bits per heavy atom. The van der Waals surface area contributed by atoms with Crippen LogP contribution in [0, 0.1) is 23.7 Å². The maximum absolute atomic E-state index is 12.6. The van der Waals surface area contributed by atoms with Crippen molar-refractivity contribution in [3.8, 4) is 0 Å². The van der Waals surface area contributed by atoms with Crippen molar-refractivity contribution in [1.29, 1.82) is 0 Å². The Labute approximate surface area is 144 Å². The zero-order valence-corrected chi connectivity index (χ0v) is 14.3. The molecule has 1 fully saturated rings. The zero-order valence-electron chi connectivity index (χ0n) is 11.9. The molecule has 1 saturated carbocycles. The maximum Gasteiger partial charge on any atom is 0.307 e. The number of aromatic nitrogens is 1. The molecule has 1 aromatic carbocycles. The fourth-order valence-corrected chi connectivity index (χ4v) is 5.08. The van der Waals surface area contributed by atoms with E-state index < -0.39 is 17.8 Å². The van der Waals surface area contributed by atoms with Gasteiger partial charge in [-0.05, 0) is 36.5 Å². The van der Waals surface area contributed by atoms with Crippen molar-refractivity contribution in [2.24, 2.45) is 23.7 Å². The molecule has 23 heavy (non-hydrogen) atoms. The summed E-state index contributed by atoms with van der Waals surface area (Å²) in [6.07, 6.45) is 4.66. The Balaban J connectivity index is 1.59. The van der Waals surface area contributed by atoms with Crippen molar-refractivity contribution in [3.05, 3.63) is 34.8 Å². The standard InChI is InChI=1S/C16H13BrN2O3S/c17-9-3-4-10-11(6-9)23-16(18-10)19-14(20)12-7-1-2-8(5-7)13(12)15(21)22/h1-4,6-8,12-13H,5H2,(H,21,22)(H,18,19,20)/t7-,8-,12+,13+/m0/s1. The number of nitrogens with zero attached hydrogens (tertiary/aromatic N) is 1. The number of fused-ring (bicyclic) bond motifs is 3. The number of hydrogen-bond donors (Lipinski definition) is 2. The number of allylic oxidation sites excluding steroid dienone is 2. The number of carboxylic acid groups (broad SMARTS) is 1. The third-order valence-electron chi connectivity index (χ3n) is 4.63. The Kier molecular flexibility index (Phi) is 3.50. The van der Waals surface area contributed by atoms with Crippen LogP contribution in [0.5, 0.6) is 0 Å².